The van der Waals surface area contributed by atoms with Gasteiger partial charge < -0.3 is 24.0 Å². The minimum absolute atomic E-state index is 0.00243. The highest BCUT2D eigenvalue weighted by Crippen LogP contribution is 2.44. The van der Waals surface area contributed by atoms with Crippen molar-refractivity contribution in [2.75, 3.05) is 39.5 Å². The van der Waals surface area contributed by atoms with Gasteiger partial charge in [0, 0.05) is 25.6 Å². The lowest BCUT2D eigenvalue weighted by Gasteiger charge is -2.43. The van der Waals surface area contributed by atoms with E-state index in [1.807, 2.05) is 86.3 Å². The van der Waals surface area contributed by atoms with Crippen molar-refractivity contribution in [2.45, 2.75) is 71.1 Å². The van der Waals surface area contributed by atoms with Crippen LogP contribution in [-0.4, -0.2) is 82.3 Å². The number of carbonyl (C=O) groups is 3. The number of carbonyl (C=O) groups excluding carboxylic acids is 3. The number of rotatable bonds is 15. The van der Waals surface area contributed by atoms with Crippen LogP contribution in [0.1, 0.15) is 65.5 Å². The Kier molecular flexibility index (Phi) is 13.2. The van der Waals surface area contributed by atoms with Gasteiger partial charge in [-0.1, -0.05) is 130 Å². The average Bonchev–Trinajstić information content (AvgIpc) is 3.45. The van der Waals surface area contributed by atoms with Crippen LogP contribution in [0.5, 0.6) is 0 Å². The molecule has 0 aliphatic heterocycles. The van der Waals surface area contributed by atoms with E-state index < -0.39 is 32.0 Å². The number of nitrogens with one attached hydrogen (secondary N) is 1. The number of nitrogens with zero attached hydrogens (tertiary/aromatic N) is 1. The highest BCUT2D eigenvalue weighted by Gasteiger charge is 2.50. The first-order chi connectivity index (χ1) is 25.7. The van der Waals surface area contributed by atoms with Gasteiger partial charge in [-0.2, -0.15) is 0 Å². The third-order valence-corrected chi connectivity index (χ3v) is 14.6. The van der Waals surface area contributed by atoms with Gasteiger partial charge in [-0.15, -0.1) is 0 Å². The van der Waals surface area contributed by atoms with Crippen molar-refractivity contribution in [3.8, 4) is 11.1 Å². The van der Waals surface area contributed by atoms with E-state index in [1.165, 1.54) is 0 Å². The molecule has 1 amide bonds. The van der Waals surface area contributed by atoms with Crippen LogP contribution < -0.4 is 15.7 Å². The zero-order valence-corrected chi connectivity index (χ0v) is 33.6. The molecular weight excluding hydrogens is 697 g/mol. The molecular formula is C44H54N2O7Si. The second-order valence-corrected chi connectivity index (χ2v) is 20.0. The fraction of sp³-hybridized carbons (Fsp3) is 0.386. The molecule has 0 radical (unpaired) electrons. The number of amides is 1. The minimum atomic E-state index is -2.81. The van der Waals surface area contributed by atoms with Crippen LogP contribution in [0.2, 0.25) is 5.04 Å². The van der Waals surface area contributed by atoms with Crippen molar-refractivity contribution >= 4 is 36.7 Å². The van der Waals surface area contributed by atoms with Crippen LogP contribution in [0.15, 0.2) is 109 Å². The van der Waals surface area contributed by atoms with Gasteiger partial charge in [-0.25, -0.2) is 9.59 Å². The Morgan fingerprint density at radius 2 is 1.20 bits per heavy atom. The van der Waals surface area contributed by atoms with Crippen LogP contribution >= 0.6 is 0 Å². The van der Waals surface area contributed by atoms with Gasteiger partial charge in [0.15, 0.2) is 0 Å². The molecule has 0 bridgehead atoms. The Morgan fingerprint density at radius 1 is 0.704 bits per heavy atom. The van der Waals surface area contributed by atoms with Crippen molar-refractivity contribution < 1.29 is 33.0 Å². The fourth-order valence-electron chi connectivity index (χ4n) is 7.19. The second kappa shape index (κ2) is 17.6. The van der Waals surface area contributed by atoms with Crippen molar-refractivity contribution in [1.82, 2.24) is 10.2 Å². The minimum Gasteiger partial charge on any atom is -0.463 e. The third kappa shape index (κ3) is 9.85. The number of hydrogen-bond acceptors (Lipinski definition) is 8. The molecule has 1 aliphatic carbocycles. The molecule has 0 saturated carbocycles. The van der Waals surface area contributed by atoms with E-state index in [-0.39, 0.29) is 43.2 Å². The van der Waals surface area contributed by atoms with Crippen molar-refractivity contribution in [3.63, 3.8) is 0 Å². The van der Waals surface area contributed by atoms with Crippen LogP contribution in [0.25, 0.3) is 11.1 Å². The molecule has 1 aliphatic rings. The zero-order chi connectivity index (χ0) is 38.9. The summed E-state index contributed by atoms with van der Waals surface area (Å²) in [6, 6.07) is 36.0. The summed E-state index contributed by atoms with van der Waals surface area (Å²) in [5.41, 5.74) is 3.82. The van der Waals surface area contributed by atoms with Gasteiger partial charge >= 0.3 is 18.0 Å². The first-order valence-corrected chi connectivity index (χ1v) is 20.6. The molecule has 9 nitrogen and oxygen atoms in total. The van der Waals surface area contributed by atoms with Crippen LogP contribution in [0.3, 0.4) is 0 Å². The summed E-state index contributed by atoms with van der Waals surface area (Å²) >= 11 is 0. The molecule has 0 fully saturated rings. The molecule has 4 aromatic carbocycles. The SMILES string of the molecule is C[C@H](NC(=O)OCC1c2ccccc2-c2ccccc21)C(=O)OCCN(CCO[Si](c1ccccc1)(c1ccccc1)C(C)(C)C)CC(=O)OC(C)(C)C. The smallest absolute Gasteiger partial charge is 0.407 e. The monoisotopic (exact) mass is 750 g/mol. The molecule has 0 aromatic heterocycles. The van der Waals surface area contributed by atoms with Crippen LogP contribution in [-0.2, 0) is 28.2 Å². The third-order valence-electron chi connectivity index (χ3n) is 9.60. The van der Waals surface area contributed by atoms with Crippen molar-refractivity contribution in [1.29, 1.82) is 0 Å². The average molecular weight is 751 g/mol. The Morgan fingerprint density at radius 3 is 1.72 bits per heavy atom. The molecule has 4 aromatic rings. The summed E-state index contributed by atoms with van der Waals surface area (Å²) in [5, 5.41) is 4.72. The van der Waals surface area contributed by atoms with E-state index in [1.54, 1.807) is 6.92 Å². The first kappa shape index (κ1) is 40.4. The molecule has 10 heteroatoms. The van der Waals surface area contributed by atoms with E-state index in [4.69, 9.17) is 18.6 Å². The molecule has 1 N–H and O–H groups in total. The summed E-state index contributed by atoms with van der Waals surface area (Å²) in [4.78, 5) is 40.7. The van der Waals surface area contributed by atoms with E-state index in [2.05, 4.69) is 74.6 Å². The standard InChI is InChI=1S/C44H54N2O7Si/c1-32(45-42(49)51-31-39-37-24-16-14-22-35(37)36-23-15-17-25-38(36)39)41(48)50-28-26-46(30-40(47)53-43(2,3)4)27-29-52-54(44(5,6)7,33-18-10-8-11-19-33)34-20-12-9-13-21-34/h8-25,32,39H,26-31H2,1-7H3,(H,45,49)/t32-/m0/s1. The Labute approximate surface area is 321 Å². The Balaban J connectivity index is 1.18. The molecule has 0 spiro atoms. The van der Waals surface area contributed by atoms with Gasteiger partial charge in [0.2, 0.25) is 0 Å². The van der Waals surface area contributed by atoms with Crippen LogP contribution in [0, 0.1) is 0 Å². The van der Waals surface area contributed by atoms with Gasteiger partial charge in [-0.3, -0.25) is 9.69 Å². The van der Waals surface area contributed by atoms with E-state index in [0.717, 1.165) is 32.6 Å². The number of ether oxygens (including phenoxy) is 3. The summed E-state index contributed by atoms with van der Waals surface area (Å²) < 4.78 is 23.9. The normalized spacial score (nSPS) is 13.5. The number of benzene rings is 4. The maximum absolute atomic E-state index is 13.0. The number of fused-ring (bicyclic) bond motifs is 3. The maximum Gasteiger partial charge on any atom is 0.407 e. The summed E-state index contributed by atoms with van der Waals surface area (Å²) in [5.74, 6) is -1.09. The molecule has 1 atom stereocenters. The zero-order valence-electron chi connectivity index (χ0n) is 32.6. The summed E-state index contributed by atoms with van der Waals surface area (Å²) in [6.07, 6.45) is -0.701. The van der Waals surface area contributed by atoms with Gasteiger partial charge in [-0.05, 0) is 65.4 Å². The van der Waals surface area contributed by atoms with Gasteiger partial charge in [0.1, 0.15) is 24.9 Å². The first-order valence-electron chi connectivity index (χ1n) is 18.7. The second-order valence-electron chi connectivity index (χ2n) is 15.7. The van der Waals surface area contributed by atoms with Gasteiger partial charge in [0.05, 0.1) is 6.54 Å². The maximum atomic E-state index is 13.0. The topological polar surface area (TPSA) is 103 Å². The van der Waals surface area contributed by atoms with Gasteiger partial charge in [0.25, 0.3) is 8.32 Å². The molecule has 0 heterocycles. The quantitative estimate of drug-likeness (QED) is 0.0817. The Bertz CT molecular complexity index is 1790. The molecule has 5 rings (SSSR count). The van der Waals surface area contributed by atoms with E-state index in [0.29, 0.717) is 13.2 Å². The van der Waals surface area contributed by atoms with Crippen molar-refractivity contribution in [2.24, 2.45) is 0 Å². The number of esters is 2. The molecule has 286 valence electrons. The van der Waals surface area contributed by atoms with Crippen LogP contribution in [0.4, 0.5) is 4.79 Å². The van der Waals surface area contributed by atoms with Crippen molar-refractivity contribution in [3.05, 3.63) is 120 Å². The lowest BCUT2D eigenvalue weighted by Crippen LogP contribution is -2.67. The largest absolute Gasteiger partial charge is 0.463 e. The highest BCUT2D eigenvalue weighted by molar-refractivity contribution is 6.99. The van der Waals surface area contributed by atoms with E-state index in [9.17, 15) is 14.4 Å². The Hall–Kier alpha value is -4.77. The summed E-state index contributed by atoms with van der Waals surface area (Å²) in [6.45, 7) is 14.8. The predicted molar refractivity (Wildman–Crippen MR) is 214 cm³/mol. The fourth-order valence-corrected chi connectivity index (χ4v) is 11.7. The number of alkyl carbamates (subject to hydrolysis) is 1. The highest BCUT2D eigenvalue weighted by atomic mass is 28.4. The lowest BCUT2D eigenvalue weighted by atomic mass is 9.98. The summed E-state index contributed by atoms with van der Waals surface area (Å²) in [7, 11) is -2.81. The predicted octanol–water partition coefficient (Wildman–Crippen LogP) is 6.68. The number of hydrogen-bond donors (Lipinski definition) is 1. The molecule has 0 saturated heterocycles. The lowest BCUT2D eigenvalue weighted by molar-refractivity contribution is -0.156. The molecule has 54 heavy (non-hydrogen) atoms. The van der Waals surface area contributed by atoms with E-state index >= 15 is 0 Å². The molecule has 0 unspecified atom stereocenters.